The Labute approximate surface area is 166 Å². The highest BCUT2D eigenvalue weighted by Crippen LogP contribution is 2.32. The molecule has 0 saturated heterocycles. The zero-order valence-electron chi connectivity index (χ0n) is 16.6. The van der Waals surface area contributed by atoms with E-state index in [1.165, 1.54) is 17.7 Å². The fraction of sp³-hybridized carbons (Fsp3) is 0.591. The van der Waals surface area contributed by atoms with Crippen LogP contribution < -0.4 is 5.32 Å². The number of nitrogens with zero attached hydrogens (tertiary/aromatic N) is 2. The Bertz CT molecular complexity index is 779. The van der Waals surface area contributed by atoms with Crippen molar-refractivity contribution in [1.82, 2.24) is 9.80 Å². The third kappa shape index (κ3) is 3.52. The predicted molar refractivity (Wildman–Crippen MR) is 107 cm³/mol. The van der Waals surface area contributed by atoms with Gasteiger partial charge in [-0.1, -0.05) is 38.5 Å². The van der Waals surface area contributed by atoms with E-state index in [2.05, 4.69) is 5.32 Å². The monoisotopic (exact) mass is 383 g/mol. The van der Waals surface area contributed by atoms with E-state index in [0.29, 0.717) is 16.8 Å². The van der Waals surface area contributed by atoms with Crippen LogP contribution in [0.25, 0.3) is 0 Å². The Balaban J connectivity index is 1.47. The number of hydrogen-bond acceptors (Lipinski definition) is 3. The first-order valence-electron chi connectivity index (χ1n) is 10.6. The summed E-state index contributed by atoms with van der Waals surface area (Å²) in [5.74, 6) is -0.410. The van der Waals surface area contributed by atoms with Crippen LogP contribution in [-0.2, 0) is 0 Å². The van der Waals surface area contributed by atoms with Crippen LogP contribution in [0.2, 0.25) is 0 Å². The standard InChI is InChI=1S/C22H29N3O3/c1-24(16-8-4-2-5-9-16)22(28)23-15-12-13-18-19(14-15)21(27)25(20(18)26)17-10-6-3-7-11-17/h12-14,16-17H,2-11H2,1H3,(H,23,28). The predicted octanol–water partition coefficient (Wildman–Crippen LogP) is 4.41. The first-order chi connectivity index (χ1) is 13.6. The molecule has 4 amide bonds. The van der Waals surface area contributed by atoms with E-state index in [-0.39, 0.29) is 29.9 Å². The highest BCUT2D eigenvalue weighted by Gasteiger charge is 2.40. The number of urea groups is 1. The molecule has 2 fully saturated rings. The average Bonchev–Trinajstić information content (AvgIpc) is 2.98. The third-order valence-electron chi connectivity index (χ3n) is 6.55. The van der Waals surface area contributed by atoms with Crippen LogP contribution in [-0.4, -0.2) is 46.8 Å². The Morgan fingerprint density at radius 1 is 0.929 bits per heavy atom. The van der Waals surface area contributed by atoms with Crippen LogP contribution in [0.15, 0.2) is 18.2 Å². The van der Waals surface area contributed by atoms with Gasteiger partial charge in [0.25, 0.3) is 11.8 Å². The molecule has 0 radical (unpaired) electrons. The number of carbonyl (C=O) groups excluding carboxylic acids is 3. The van der Waals surface area contributed by atoms with Crippen LogP contribution in [0, 0.1) is 0 Å². The van der Waals surface area contributed by atoms with E-state index in [1.54, 1.807) is 23.1 Å². The number of fused-ring (bicyclic) bond motifs is 1. The summed E-state index contributed by atoms with van der Waals surface area (Å²) in [7, 11) is 1.83. The quantitative estimate of drug-likeness (QED) is 0.786. The van der Waals surface area contributed by atoms with Gasteiger partial charge in [0.2, 0.25) is 0 Å². The summed E-state index contributed by atoms with van der Waals surface area (Å²) in [6.45, 7) is 0. The number of rotatable bonds is 3. The van der Waals surface area contributed by atoms with E-state index < -0.39 is 0 Å². The number of hydrogen-bond donors (Lipinski definition) is 1. The summed E-state index contributed by atoms with van der Waals surface area (Å²) in [5, 5.41) is 2.90. The zero-order valence-corrected chi connectivity index (χ0v) is 16.6. The molecular weight excluding hydrogens is 354 g/mol. The molecule has 0 aromatic heterocycles. The molecule has 1 aromatic carbocycles. The van der Waals surface area contributed by atoms with Gasteiger partial charge in [-0.25, -0.2) is 4.79 Å². The van der Waals surface area contributed by atoms with E-state index in [1.807, 2.05) is 7.05 Å². The molecule has 0 unspecified atom stereocenters. The maximum atomic E-state index is 12.9. The summed E-state index contributed by atoms with van der Waals surface area (Å²) in [4.78, 5) is 41.5. The molecule has 1 N–H and O–H groups in total. The summed E-state index contributed by atoms with van der Waals surface area (Å²) in [5.41, 5.74) is 1.43. The topological polar surface area (TPSA) is 69.7 Å². The molecule has 6 heteroatoms. The molecule has 0 spiro atoms. The lowest BCUT2D eigenvalue weighted by Crippen LogP contribution is -2.41. The van der Waals surface area contributed by atoms with E-state index in [0.717, 1.165) is 51.4 Å². The minimum Gasteiger partial charge on any atom is -0.325 e. The largest absolute Gasteiger partial charge is 0.325 e. The summed E-state index contributed by atoms with van der Waals surface area (Å²) in [6.07, 6.45) is 10.7. The molecule has 1 heterocycles. The maximum absolute atomic E-state index is 12.9. The van der Waals surface area contributed by atoms with Crippen molar-refractivity contribution in [2.24, 2.45) is 0 Å². The molecule has 3 aliphatic rings. The van der Waals surface area contributed by atoms with Gasteiger partial charge in [-0.15, -0.1) is 0 Å². The minimum atomic E-state index is -0.219. The second-order valence-corrected chi connectivity index (χ2v) is 8.37. The minimum absolute atomic E-state index is 0.0108. The number of carbonyl (C=O) groups is 3. The molecule has 4 rings (SSSR count). The summed E-state index contributed by atoms with van der Waals surface area (Å²) in [6, 6.07) is 5.18. The number of amides is 4. The maximum Gasteiger partial charge on any atom is 0.321 e. The number of anilines is 1. The molecule has 150 valence electrons. The lowest BCUT2D eigenvalue weighted by atomic mass is 9.94. The van der Waals surface area contributed by atoms with Crippen molar-refractivity contribution in [2.75, 3.05) is 12.4 Å². The number of imide groups is 1. The fourth-order valence-electron chi connectivity index (χ4n) is 4.85. The van der Waals surface area contributed by atoms with Gasteiger partial charge in [-0.2, -0.15) is 0 Å². The smallest absolute Gasteiger partial charge is 0.321 e. The van der Waals surface area contributed by atoms with Crippen LogP contribution >= 0.6 is 0 Å². The molecule has 1 aromatic rings. The zero-order chi connectivity index (χ0) is 19.7. The Morgan fingerprint density at radius 3 is 2.21 bits per heavy atom. The van der Waals surface area contributed by atoms with E-state index in [4.69, 9.17) is 0 Å². The van der Waals surface area contributed by atoms with Gasteiger partial charge >= 0.3 is 6.03 Å². The fourth-order valence-corrected chi connectivity index (χ4v) is 4.85. The number of nitrogens with one attached hydrogen (secondary N) is 1. The molecule has 28 heavy (non-hydrogen) atoms. The second kappa shape index (κ2) is 7.94. The molecule has 0 atom stereocenters. The van der Waals surface area contributed by atoms with Crippen molar-refractivity contribution in [1.29, 1.82) is 0 Å². The van der Waals surface area contributed by atoms with Gasteiger partial charge in [-0.05, 0) is 43.9 Å². The van der Waals surface area contributed by atoms with Crippen molar-refractivity contribution in [2.45, 2.75) is 76.3 Å². The first kappa shape index (κ1) is 19.0. The molecule has 6 nitrogen and oxygen atoms in total. The van der Waals surface area contributed by atoms with Crippen LogP contribution in [0.5, 0.6) is 0 Å². The van der Waals surface area contributed by atoms with Gasteiger partial charge in [0.1, 0.15) is 0 Å². The molecule has 2 saturated carbocycles. The lowest BCUT2D eigenvalue weighted by Gasteiger charge is -2.31. The Kier molecular flexibility index (Phi) is 5.38. The van der Waals surface area contributed by atoms with Crippen molar-refractivity contribution in [3.05, 3.63) is 29.3 Å². The van der Waals surface area contributed by atoms with E-state index >= 15 is 0 Å². The molecule has 0 bridgehead atoms. The molecule has 2 aliphatic carbocycles. The van der Waals surface area contributed by atoms with Crippen LogP contribution in [0.3, 0.4) is 0 Å². The second-order valence-electron chi connectivity index (χ2n) is 8.37. The average molecular weight is 383 g/mol. The highest BCUT2D eigenvalue weighted by atomic mass is 16.2. The third-order valence-corrected chi connectivity index (χ3v) is 6.55. The van der Waals surface area contributed by atoms with Gasteiger partial charge in [0.15, 0.2) is 0 Å². The van der Waals surface area contributed by atoms with Crippen molar-refractivity contribution in [3.63, 3.8) is 0 Å². The Hall–Kier alpha value is -2.37. The van der Waals surface area contributed by atoms with Gasteiger partial charge < -0.3 is 10.2 Å². The van der Waals surface area contributed by atoms with Gasteiger partial charge in [0, 0.05) is 24.8 Å². The van der Waals surface area contributed by atoms with Crippen molar-refractivity contribution < 1.29 is 14.4 Å². The summed E-state index contributed by atoms with van der Waals surface area (Å²) < 4.78 is 0. The number of benzene rings is 1. The van der Waals surface area contributed by atoms with Crippen LogP contribution in [0.1, 0.15) is 84.9 Å². The highest BCUT2D eigenvalue weighted by molar-refractivity contribution is 6.22. The van der Waals surface area contributed by atoms with E-state index in [9.17, 15) is 14.4 Å². The van der Waals surface area contributed by atoms with Crippen LogP contribution in [0.4, 0.5) is 10.5 Å². The summed E-state index contributed by atoms with van der Waals surface area (Å²) >= 11 is 0. The van der Waals surface area contributed by atoms with Crippen molar-refractivity contribution in [3.8, 4) is 0 Å². The SMILES string of the molecule is CN(C(=O)Nc1ccc2c(c1)C(=O)N(C1CCCCC1)C2=O)C1CCCCC1. The van der Waals surface area contributed by atoms with Gasteiger partial charge in [-0.3, -0.25) is 14.5 Å². The Morgan fingerprint density at radius 2 is 1.54 bits per heavy atom. The van der Waals surface area contributed by atoms with Crippen molar-refractivity contribution >= 4 is 23.5 Å². The first-order valence-corrected chi connectivity index (χ1v) is 10.6. The normalized spacial score (nSPS) is 21.0. The molecular formula is C22H29N3O3. The molecule has 1 aliphatic heterocycles. The van der Waals surface area contributed by atoms with Gasteiger partial charge in [0.05, 0.1) is 11.1 Å². The lowest BCUT2D eigenvalue weighted by molar-refractivity contribution is 0.0549.